The van der Waals surface area contributed by atoms with Crippen LogP contribution in [0.2, 0.25) is 0 Å². The van der Waals surface area contributed by atoms with Gasteiger partial charge in [0.1, 0.15) is 17.8 Å². The number of rotatable bonds is 6. The van der Waals surface area contributed by atoms with E-state index in [4.69, 9.17) is 14.7 Å². The van der Waals surface area contributed by atoms with Crippen molar-refractivity contribution >= 4 is 10.0 Å². The van der Waals surface area contributed by atoms with Crippen LogP contribution in [0, 0.1) is 22.7 Å². The van der Waals surface area contributed by atoms with Crippen LogP contribution in [0.3, 0.4) is 0 Å². The van der Waals surface area contributed by atoms with Gasteiger partial charge in [-0.2, -0.15) is 28.0 Å². The monoisotopic (exact) mass is 497 g/mol. The summed E-state index contributed by atoms with van der Waals surface area (Å²) in [5.41, 5.74) is -3.74. The third kappa shape index (κ3) is 4.64. The molecule has 34 heavy (non-hydrogen) atoms. The van der Waals surface area contributed by atoms with Crippen LogP contribution in [-0.4, -0.2) is 61.4 Å². The van der Waals surface area contributed by atoms with Crippen molar-refractivity contribution in [3.8, 4) is 23.6 Å². The number of aliphatic hydroxyl groups is 2. The van der Waals surface area contributed by atoms with Crippen molar-refractivity contribution in [3.63, 3.8) is 0 Å². The summed E-state index contributed by atoms with van der Waals surface area (Å²) >= 11 is 0. The number of alkyl halides is 3. The second kappa shape index (κ2) is 9.12. The van der Waals surface area contributed by atoms with Crippen molar-refractivity contribution in [1.82, 2.24) is 4.31 Å². The number of aliphatic hydroxyl groups excluding tert-OH is 1. The Morgan fingerprint density at radius 2 is 1.88 bits per heavy atom. The van der Waals surface area contributed by atoms with E-state index in [0.29, 0.717) is 22.5 Å². The molecule has 1 heterocycles. The molecule has 3 rings (SSSR count). The van der Waals surface area contributed by atoms with Crippen LogP contribution in [0.5, 0.6) is 11.5 Å². The summed E-state index contributed by atoms with van der Waals surface area (Å²) < 4.78 is 76.8. The number of ether oxygens (including phenoxy) is 2. The Kier molecular flexibility index (Phi) is 6.78. The van der Waals surface area contributed by atoms with Crippen molar-refractivity contribution in [2.75, 3.05) is 26.8 Å². The molecule has 1 aliphatic heterocycles. The van der Waals surface area contributed by atoms with Gasteiger partial charge in [0.25, 0.3) is 0 Å². The lowest BCUT2D eigenvalue weighted by Crippen LogP contribution is -2.48. The minimum absolute atomic E-state index is 0.0601. The van der Waals surface area contributed by atoms with E-state index < -0.39 is 63.6 Å². The molecule has 2 N–H and O–H groups in total. The maximum atomic E-state index is 13.2. The van der Waals surface area contributed by atoms with E-state index >= 15 is 0 Å². The van der Waals surface area contributed by atoms with Crippen molar-refractivity contribution in [2.45, 2.75) is 22.8 Å². The molecule has 0 bridgehead atoms. The minimum atomic E-state index is -4.78. The molecule has 0 spiro atoms. The summed E-state index contributed by atoms with van der Waals surface area (Å²) in [7, 11) is -3.25. The molecule has 1 aliphatic rings. The molecule has 2 aromatic rings. The number of benzene rings is 2. The Morgan fingerprint density at radius 1 is 1.18 bits per heavy atom. The summed E-state index contributed by atoms with van der Waals surface area (Å²) in [5, 5.41) is 38.9. The standard InChI is InChI=1S/C21H18F3N3O6S/c1-32-17-6-13(8-25)2-4-16(17)33-19-10-27(11-20(19,29)12-28)34(30,31)18-5-3-15(21(22,23)24)7-14(18)9-26/h2-7,19,28-29H,10-12H2,1H3. The van der Waals surface area contributed by atoms with Crippen LogP contribution in [0.4, 0.5) is 13.2 Å². The summed E-state index contributed by atoms with van der Waals surface area (Å²) in [5.74, 6) is 0.181. The van der Waals surface area contributed by atoms with Gasteiger partial charge in [-0.3, -0.25) is 0 Å². The number of halogens is 3. The number of nitriles is 2. The van der Waals surface area contributed by atoms with Gasteiger partial charge in [0.05, 0.1) is 47.9 Å². The van der Waals surface area contributed by atoms with Crippen molar-refractivity contribution in [1.29, 1.82) is 10.5 Å². The van der Waals surface area contributed by atoms with Gasteiger partial charge in [-0.1, -0.05) is 0 Å². The highest BCUT2D eigenvalue weighted by Gasteiger charge is 2.51. The average Bonchev–Trinajstić information content (AvgIpc) is 3.15. The zero-order valence-corrected chi connectivity index (χ0v) is 18.4. The maximum absolute atomic E-state index is 13.2. The van der Waals surface area contributed by atoms with E-state index in [1.165, 1.54) is 31.4 Å². The maximum Gasteiger partial charge on any atom is 0.416 e. The third-order valence-electron chi connectivity index (χ3n) is 5.30. The van der Waals surface area contributed by atoms with Crippen LogP contribution >= 0.6 is 0 Å². The summed E-state index contributed by atoms with van der Waals surface area (Å²) in [6, 6.07) is 9.14. The Labute approximate surface area is 192 Å². The quantitative estimate of drug-likeness (QED) is 0.613. The van der Waals surface area contributed by atoms with Gasteiger partial charge in [0.15, 0.2) is 11.5 Å². The van der Waals surface area contributed by atoms with E-state index in [0.717, 1.165) is 0 Å². The molecule has 0 saturated carbocycles. The summed E-state index contributed by atoms with van der Waals surface area (Å²) in [4.78, 5) is -0.681. The first-order valence-corrected chi connectivity index (χ1v) is 11.0. The van der Waals surface area contributed by atoms with Gasteiger partial charge >= 0.3 is 6.18 Å². The van der Waals surface area contributed by atoms with Crippen LogP contribution in [0.15, 0.2) is 41.3 Å². The molecule has 0 aliphatic carbocycles. The highest BCUT2D eigenvalue weighted by molar-refractivity contribution is 7.89. The lowest BCUT2D eigenvalue weighted by atomic mass is 10.0. The van der Waals surface area contributed by atoms with Crippen LogP contribution in [0.25, 0.3) is 0 Å². The Hall–Kier alpha value is -3.36. The topological polar surface area (TPSA) is 144 Å². The fourth-order valence-electron chi connectivity index (χ4n) is 3.45. The van der Waals surface area contributed by atoms with Gasteiger partial charge in [-0.15, -0.1) is 0 Å². The van der Waals surface area contributed by atoms with Gasteiger partial charge in [-0.25, -0.2) is 8.42 Å². The highest BCUT2D eigenvalue weighted by Crippen LogP contribution is 2.36. The fraction of sp³-hybridized carbons (Fsp3) is 0.333. The molecule has 2 atom stereocenters. The van der Waals surface area contributed by atoms with Crippen molar-refractivity contribution in [2.24, 2.45) is 0 Å². The molecule has 0 amide bonds. The lowest BCUT2D eigenvalue weighted by molar-refractivity contribution is -0.137. The largest absolute Gasteiger partial charge is 0.493 e. The predicted molar refractivity (Wildman–Crippen MR) is 109 cm³/mol. The molecule has 0 radical (unpaired) electrons. The highest BCUT2D eigenvalue weighted by atomic mass is 32.2. The summed E-state index contributed by atoms with van der Waals surface area (Å²) in [6.07, 6.45) is -6.09. The molecule has 1 fully saturated rings. The zero-order valence-electron chi connectivity index (χ0n) is 17.6. The van der Waals surface area contributed by atoms with Crippen molar-refractivity contribution in [3.05, 3.63) is 53.1 Å². The first-order valence-electron chi connectivity index (χ1n) is 9.59. The number of methoxy groups -OCH3 is 1. The van der Waals surface area contributed by atoms with Crippen LogP contribution < -0.4 is 9.47 Å². The first-order chi connectivity index (χ1) is 15.9. The Balaban J connectivity index is 1.96. The van der Waals surface area contributed by atoms with Gasteiger partial charge in [0, 0.05) is 12.6 Å². The fourth-order valence-corrected chi connectivity index (χ4v) is 5.08. The zero-order chi connectivity index (χ0) is 25.3. The Bertz CT molecular complexity index is 1290. The lowest BCUT2D eigenvalue weighted by Gasteiger charge is -2.27. The third-order valence-corrected chi connectivity index (χ3v) is 7.17. The van der Waals surface area contributed by atoms with Crippen LogP contribution in [0.1, 0.15) is 16.7 Å². The van der Waals surface area contributed by atoms with E-state index in [2.05, 4.69) is 0 Å². The number of hydrogen-bond acceptors (Lipinski definition) is 8. The number of hydrogen-bond donors (Lipinski definition) is 2. The molecule has 180 valence electrons. The minimum Gasteiger partial charge on any atom is -0.493 e. The Morgan fingerprint density at radius 3 is 2.44 bits per heavy atom. The van der Waals surface area contributed by atoms with E-state index in [-0.39, 0.29) is 17.1 Å². The molecule has 2 aromatic carbocycles. The smallest absolute Gasteiger partial charge is 0.416 e. The van der Waals surface area contributed by atoms with E-state index in [1.54, 1.807) is 0 Å². The predicted octanol–water partition coefficient (Wildman–Crippen LogP) is 1.63. The molecule has 1 saturated heterocycles. The number of nitrogens with zero attached hydrogens (tertiary/aromatic N) is 3. The number of sulfonamides is 1. The van der Waals surface area contributed by atoms with Gasteiger partial charge in [-0.05, 0) is 30.3 Å². The molecular weight excluding hydrogens is 479 g/mol. The number of β-amino-alcohol motifs (C(OH)–C–C–N with tert-alkyl or cyclic N) is 1. The normalized spacial score (nSPS) is 21.0. The van der Waals surface area contributed by atoms with Gasteiger partial charge in [0.2, 0.25) is 10.0 Å². The second-order valence-corrected chi connectivity index (χ2v) is 9.37. The summed E-state index contributed by atoms with van der Waals surface area (Å²) in [6.45, 7) is -2.05. The molecule has 9 nitrogen and oxygen atoms in total. The molecule has 2 unspecified atom stereocenters. The first kappa shape index (κ1) is 25.3. The molecule has 0 aromatic heterocycles. The van der Waals surface area contributed by atoms with Gasteiger partial charge < -0.3 is 19.7 Å². The molecular formula is C21H18F3N3O6S. The second-order valence-electron chi connectivity index (χ2n) is 7.46. The van der Waals surface area contributed by atoms with E-state index in [9.17, 15) is 37.1 Å². The SMILES string of the molecule is COc1cc(C#N)ccc1OC1CN(S(=O)(=O)c2ccc(C(F)(F)F)cc2C#N)CC1(O)CO. The average molecular weight is 497 g/mol. The van der Waals surface area contributed by atoms with E-state index in [1.807, 2.05) is 6.07 Å². The van der Waals surface area contributed by atoms with Crippen LogP contribution in [-0.2, 0) is 16.2 Å². The molecule has 13 heteroatoms. The van der Waals surface area contributed by atoms with Crippen molar-refractivity contribution < 1.29 is 41.3 Å².